The largest absolute Gasteiger partial charge is 0.494 e. The lowest BCUT2D eigenvalue weighted by molar-refractivity contribution is 0.154. The van der Waals surface area contributed by atoms with E-state index in [0.29, 0.717) is 12.6 Å². The third-order valence-corrected chi connectivity index (χ3v) is 6.01. The lowest BCUT2D eigenvalue weighted by Crippen LogP contribution is -2.31. The maximum atomic E-state index is 6.08. The average Bonchev–Trinajstić information content (AvgIpc) is 3.12. The second-order valence-corrected chi connectivity index (χ2v) is 9.69. The van der Waals surface area contributed by atoms with Gasteiger partial charge in [0.05, 0.1) is 6.61 Å². The SMILES string of the molecule is CC.CN(C)C(c1ccc(OCCCn2c3ccccc3c3ccccc32)cc1)C(C)(C)C. The molecule has 1 aromatic heterocycles. The van der Waals surface area contributed by atoms with Gasteiger partial charge in [0, 0.05) is 34.4 Å². The Balaban J connectivity index is 0.00000149. The summed E-state index contributed by atoms with van der Waals surface area (Å²) >= 11 is 0. The first-order chi connectivity index (χ1) is 15.9. The van der Waals surface area contributed by atoms with Crippen LogP contribution in [0.4, 0.5) is 0 Å². The molecule has 4 rings (SSSR count). The molecule has 0 fully saturated rings. The quantitative estimate of drug-likeness (QED) is 0.269. The fraction of sp³-hybridized carbons (Fsp3) is 0.400. The molecule has 0 aliphatic heterocycles. The summed E-state index contributed by atoms with van der Waals surface area (Å²) in [6, 6.07) is 26.3. The lowest BCUT2D eigenvalue weighted by atomic mass is 9.81. The topological polar surface area (TPSA) is 17.4 Å². The van der Waals surface area contributed by atoms with Gasteiger partial charge < -0.3 is 14.2 Å². The van der Waals surface area contributed by atoms with Crippen LogP contribution in [-0.4, -0.2) is 30.2 Å². The van der Waals surface area contributed by atoms with Crippen molar-refractivity contribution in [2.45, 2.75) is 53.6 Å². The first-order valence-electron chi connectivity index (χ1n) is 12.2. The van der Waals surface area contributed by atoms with Gasteiger partial charge in [-0.25, -0.2) is 0 Å². The van der Waals surface area contributed by atoms with Gasteiger partial charge in [0.1, 0.15) is 5.75 Å². The molecule has 1 atom stereocenters. The van der Waals surface area contributed by atoms with E-state index in [0.717, 1.165) is 18.7 Å². The molecule has 1 unspecified atom stereocenters. The predicted molar refractivity (Wildman–Crippen MR) is 143 cm³/mol. The van der Waals surface area contributed by atoms with Gasteiger partial charge in [-0.15, -0.1) is 0 Å². The molecule has 0 aliphatic rings. The maximum Gasteiger partial charge on any atom is 0.119 e. The first kappa shape index (κ1) is 24.9. The molecule has 0 aliphatic carbocycles. The molecule has 3 heteroatoms. The molecule has 3 aromatic carbocycles. The van der Waals surface area contributed by atoms with Crippen molar-refractivity contribution in [3.05, 3.63) is 78.4 Å². The van der Waals surface area contributed by atoms with E-state index < -0.39 is 0 Å². The Hall–Kier alpha value is -2.78. The van der Waals surface area contributed by atoms with Crippen molar-refractivity contribution in [1.29, 1.82) is 0 Å². The molecule has 0 saturated heterocycles. The molecule has 33 heavy (non-hydrogen) atoms. The molecule has 0 bridgehead atoms. The van der Waals surface area contributed by atoms with Crippen molar-refractivity contribution in [2.24, 2.45) is 5.41 Å². The van der Waals surface area contributed by atoms with Crippen LogP contribution in [0.15, 0.2) is 72.8 Å². The zero-order valence-corrected chi connectivity index (χ0v) is 21.4. The number of fused-ring (bicyclic) bond motifs is 3. The van der Waals surface area contributed by atoms with Crippen LogP contribution in [0.25, 0.3) is 21.8 Å². The number of rotatable bonds is 7. The third-order valence-electron chi connectivity index (χ3n) is 6.01. The van der Waals surface area contributed by atoms with E-state index in [9.17, 15) is 0 Å². The normalized spacial score (nSPS) is 12.6. The number of para-hydroxylation sites is 2. The molecule has 3 nitrogen and oxygen atoms in total. The van der Waals surface area contributed by atoms with Crippen molar-refractivity contribution in [2.75, 3.05) is 20.7 Å². The van der Waals surface area contributed by atoms with Crippen LogP contribution in [0.1, 0.15) is 52.6 Å². The van der Waals surface area contributed by atoms with Crippen molar-refractivity contribution < 1.29 is 4.74 Å². The molecule has 4 aromatic rings. The molecule has 1 heterocycles. The fourth-order valence-electron chi connectivity index (χ4n) is 4.98. The Bertz CT molecular complexity index is 1100. The highest BCUT2D eigenvalue weighted by Crippen LogP contribution is 2.37. The van der Waals surface area contributed by atoms with Crippen molar-refractivity contribution >= 4 is 21.8 Å². The third kappa shape index (κ3) is 5.59. The van der Waals surface area contributed by atoms with Crippen LogP contribution >= 0.6 is 0 Å². The van der Waals surface area contributed by atoms with Crippen molar-refractivity contribution in [3.63, 3.8) is 0 Å². The summed E-state index contributed by atoms with van der Waals surface area (Å²) in [6.45, 7) is 12.5. The molecule has 0 N–H and O–H groups in total. The Morgan fingerprint density at radius 1 is 0.788 bits per heavy atom. The highest BCUT2D eigenvalue weighted by atomic mass is 16.5. The van der Waals surface area contributed by atoms with E-state index in [1.165, 1.54) is 27.4 Å². The Morgan fingerprint density at radius 3 is 1.79 bits per heavy atom. The Morgan fingerprint density at radius 2 is 1.30 bits per heavy atom. The van der Waals surface area contributed by atoms with Crippen LogP contribution in [0.5, 0.6) is 5.75 Å². The zero-order chi connectivity index (χ0) is 24.0. The van der Waals surface area contributed by atoms with Gasteiger partial charge in [-0.05, 0) is 55.8 Å². The monoisotopic (exact) mass is 444 g/mol. The van der Waals surface area contributed by atoms with Gasteiger partial charge in [0.15, 0.2) is 0 Å². The number of ether oxygens (including phenoxy) is 1. The number of aromatic nitrogens is 1. The predicted octanol–water partition coefficient (Wildman–Crippen LogP) is 7.94. The van der Waals surface area contributed by atoms with Gasteiger partial charge >= 0.3 is 0 Å². The minimum atomic E-state index is 0.175. The van der Waals surface area contributed by atoms with E-state index in [2.05, 4.69) is 117 Å². The Kier molecular flexibility index (Phi) is 8.20. The molecule has 0 amide bonds. The second-order valence-electron chi connectivity index (χ2n) is 9.69. The number of aryl methyl sites for hydroxylation is 1. The van der Waals surface area contributed by atoms with Crippen LogP contribution < -0.4 is 4.74 Å². The molecule has 176 valence electrons. The van der Waals surface area contributed by atoms with Crippen molar-refractivity contribution in [1.82, 2.24) is 9.47 Å². The van der Waals surface area contributed by atoms with Crippen LogP contribution in [0, 0.1) is 5.41 Å². The van der Waals surface area contributed by atoms with Gasteiger partial charge in [-0.1, -0.05) is 83.1 Å². The van der Waals surface area contributed by atoms with E-state index >= 15 is 0 Å². The number of hydrogen-bond donors (Lipinski definition) is 0. The highest BCUT2D eigenvalue weighted by Gasteiger charge is 2.27. The minimum Gasteiger partial charge on any atom is -0.494 e. The highest BCUT2D eigenvalue weighted by molar-refractivity contribution is 6.07. The van der Waals surface area contributed by atoms with E-state index in [4.69, 9.17) is 4.74 Å². The number of nitrogens with zero attached hydrogens (tertiary/aromatic N) is 2. The summed E-state index contributed by atoms with van der Waals surface area (Å²) in [5, 5.41) is 2.65. The summed E-state index contributed by atoms with van der Waals surface area (Å²) in [6.07, 6.45) is 0.965. The maximum absolute atomic E-state index is 6.08. The van der Waals surface area contributed by atoms with Gasteiger partial charge in [-0.2, -0.15) is 0 Å². The second kappa shape index (κ2) is 10.9. The molecular formula is C30H40N2O. The van der Waals surface area contributed by atoms with Gasteiger partial charge in [-0.3, -0.25) is 0 Å². The average molecular weight is 445 g/mol. The molecule has 0 spiro atoms. The standard InChI is InChI=1S/C28H34N2O.C2H6/c1-28(2,3)27(29(4)5)21-15-17-22(18-16-21)31-20-10-19-30-25-13-8-6-11-23(25)24-12-7-9-14-26(24)30;1-2/h6-9,11-18,27H,10,19-20H2,1-5H3;1-2H3. The first-order valence-corrected chi connectivity index (χ1v) is 12.2. The Labute approximate surface area is 200 Å². The molecule has 0 radical (unpaired) electrons. The van der Waals surface area contributed by atoms with Crippen LogP contribution in [-0.2, 0) is 6.54 Å². The van der Waals surface area contributed by atoms with Crippen molar-refractivity contribution in [3.8, 4) is 5.75 Å². The van der Waals surface area contributed by atoms with Gasteiger partial charge in [0.25, 0.3) is 0 Å². The smallest absolute Gasteiger partial charge is 0.119 e. The lowest BCUT2D eigenvalue weighted by Gasteiger charge is -2.36. The molecular weight excluding hydrogens is 404 g/mol. The summed E-state index contributed by atoms with van der Waals surface area (Å²) < 4.78 is 8.50. The van der Waals surface area contributed by atoms with Gasteiger partial charge in [0.2, 0.25) is 0 Å². The van der Waals surface area contributed by atoms with Crippen LogP contribution in [0.2, 0.25) is 0 Å². The minimum absolute atomic E-state index is 0.175. The van der Waals surface area contributed by atoms with Crippen LogP contribution in [0.3, 0.4) is 0 Å². The summed E-state index contributed by atoms with van der Waals surface area (Å²) in [4.78, 5) is 2.29. The fourth-order valence-corrected chi connectivity index (χ4v) is 4.98. The van der Waals surface area contributed by atoms with E-state index in [1.807, 2.05) is 13.8 Å². The summed E-state index contributed by atoms with van der Waals surface area (Å²) in [7, 11) is 4.30. The summed E-state index contributed by atoms with van der Waals surface area (Å²) in [5.74, 6) is 0.942. The number of hydrogen-bond acceptors (Lipinski definition) is 2. The molecule has 0 saturated carbocycles. The van der Waals surface area contributed by atoms with E-state index in [1.54, 1.807) is 0 Å². The zero-order valence-electron chi connectivity index (χ0n) is 21.4. The summed E-state index contributed by atoms with van der Waals surface area (Å²) in [5.41, 5.74) is 4.10. The van der Waals surface area contributed by atoms with E-state index in [-0.39, 0.29) is 5.41 Å². The number of benzene rings is 3.